The number of allylic oxidation sites excluding steroid dienone is 1. The van der Waals surface area contributed by atoms with Gasteiger partial charge in [0, 0.05) is 16.5 Å². The lowest BCUT2D eigenvalue weighted by Gasteiger charge is -2.40. The molecule has 10 heteroatoms. The van der Waals surface area contributed by atoms with Gasteiger partial charge in [-0.05, 0) is 43.0 Å². The zero-order valence-corrected chi connectivity index (χ0v) is 16.7. The number of nitrogens with two attached hydrogens (primary N) is 1. The fourth-order valence-corrected chi connectivity index (χ4v) is 6.57. The van der Waals surface area contributed by atoms with Gasteiger partial charge in [-0.2, -0.15) is 13.2 Å². The summed E-state index contributed by atoms with van der Waals surface area (Å²) in [6.07, 6.45) is 0.326. The highest BCUT2D eigenvalue weighted by molar-refractivity contribution is 8.20. The molecule has 0 bridgehead atoms. The van der Waals surface area contributed by atoms with E-state index in [0.29, 0.717) is 16.0 Å². The molecule has 0 aliphatic carbocycles. The number of nitrogens with one attached hydrogen (secondary N) is 1. The fraction of sp³-hybridized carbons (Fsp3) is 0.294. The molecule has 0 spiro atoms. The van der Waals surface area contributed by atoms with Gasteiger partial charge >= 0.3 is 6.18 Å². The van der Waals surface area contributed by atoms with Crippen LogP contribution in [0.25, 0.3) is 0 Å². The average molecular weight is 434 g/mol. The minimum Gasteiger partial charge on any atom is -0.383 e. The van der Waals surface area contributed by atoms with Crippen molar-refractivity contribution in [2.45, 2.75) is 22.6 Å². The van der Waals surface area contributed by atoms with Crippen LogP contribution in [0, 0.1) is 11.2 Å². The molecule has 2 atom stereocenters. The maximum Gasteiger partial charge on any atom is 0.416 e. The summed E-state index contributed by atoms with van der Waals surface area (Å²) >= 11 is 3.94. The van der Waals surface area contributed by atoms with Crippen molar-refractivity contribution in [3.8, 4) is 0 Å². The summed E-state index contributed by atoms with van der Waals surface area (Å²) in [5.74, 6) is -1.17. The van der Waals surface area contributed by atoms with Crippen LogP contribution in [0.5, 0.6) is 0 Å². The van der Waals surface area contributed by atoms with Gasteiger partial charge in [-0.25, -0.2) is 9.37 Å². The molecular weight excluding hydrogens is 418 g/mol. The van der Waals surface area contributed by atoms with Gasteiger partial charge in [0.05, 0.1) is 15.1 Å². The van der Waals surface area contributed by atoms with Crippen LogP contribution < -0.4 is 5.73 Å². The van der Waals surface area contributed by atoms with E-state index in [9.17, 15) is 17.6 Å². The SMILES string of the molecule is CSC1(C)SC(C(=N)N)=CC1(c1cc(F)cc(C(F)(F)F)c1)c1nccs1. The summed E-state index contributed by atoms with van der Waals surface area (Å²) in [6, 6.07) is 2.54. The smallest absolute Gasteiger partial charge is 0.383 e. The quantitative estimate of drug-likeness (QED) is 0.394. The van der Waals surface area contributed by atoms with Crippen molar-refractivity contribution >= 4 is 40.7 Å². The standard InChI is InChI=1S/C17H15F4N3S3/c1-15(25-2)16(14-24-3-4-26-14,8-12(27-15)13(22)23)9-5-10(17(19,20)21)7-11(18)6-9/h3-8H,1-2H3,(H3,22,23). The highest BCUT2D eigenvalue weighted by Gasteiger charge is 2.57. The zero-order chi connectivity index (χ0) is 20.0. The normalized spacial score (nSPS) is 25.5. The minimum absolute atomic E-state index is 0.130. The molecule has 3 nitrogen and oxygen atoms in total. The second kappa shape index (κ2) is 6.82. The first-order chi connectivity index (χ1) is 12.5. The van der Waals surface area contributed by atoms with Gasteiger partial charge in [0.15, 0.2) is 0 Å². The lowest BCUT2D eigenvalue weighted by Crippen LogP contribution is -2.42. The van der Waals surface area contributed by atoms with Crippen molar-refractivity contribution < 1.29 is 17.6 Å². The van der Waals surface area contributed by atoms with Gasteiger partial charge in [-0.15, -0.1) is 34.9 Å². The molecule has 27 heavy (non-hydrogen) atoms. The predicted molar refractivity (Wildman–Crippen MR) is 104 cm³/mol. The van der Waals surface area contributed by atoms with Crippen molar-refractivity contribution in [2.75, 3.05) is 6.26 Å². The van der Waals surface area contributed by atoms with Gasteiger partial charge in [0.1, 0.15) is 16.7 Å². The topological polar surface area (TPSA) is 62.8 Å². The molecule has 2 unspecified atom stereocenters. The van der Waals surface area contributed by atoms with Crippen LogP contribution in [-0.4, -0.2) is 21.2 Å². The molecule has 2 aromatic rings. The van der Waals surface area contributed by atoms with Crippen LogP contribution in [-0.2, 0) is 11.6 Å². The van der Waals surface area contributed by atoms with E-state index >= 15 is 0 Å². The molecule has 3 N–H and O–H groups in total. The summed E-state index contributed by atoms with van der Waals surface area (Å²) in [6.45, 7) is 1.84. The van der Waals surface area contributed by atoms with Crippen LogP contribution in [0.4, 0.5) is 17.6 Å². The van der Waals surface area contributed by atoms with E-state index < -0.39 is 27.1 Å². The van der Waals surface area contributed by atoms with Gasteiger partial charge < -0.3 is 5.73 Å². The molecule has 1 aromatic heterocycles. The molecule has 1 aromatic carbocycles. The van der Waals surface area contributed by atoms with Crippen LogP contribution in [0.1, 0.15) is 23.1 Å². The lowest BCUT2D eigenvalue weighted by atomic mass is 9.76. The van der Waals surface area contributed by atoms with Gasteiger partial charge in [-0.1, -0.05) is 0 Å². The zero-order valence-electron chi connectivity index (χ0n) is 14.2. The number of benzene rings is 1. The van der Waals surface area contributed by atoms with E-state index in [1.165, 1.54) is 34.9 Å². The number of thiazole rings is 1. The minimum atomic E-state index is -4.68. The Labute approximate surface area is 166 Å². The fourth-order valence-electron chi connectivity index (χ4n) is 3.11. The van der Waals surface area contributed by atoms with E-state index in [-0.39, 0.29) is 11.4 Å². The van der Waals surface area contributed by atoms with Gasteiger partial charge in [0.25, 0.3) is 0 Å². The number of hydrogen-bond donors (Lipinski definition) is 2. The molecule has 1 aliphatic heterocycles. The summed E-state index contributed by atoms with van der Waals surface area (Å²) in [5.41, 5.74) is 3.56. The number of amidine groups is 1. The van der Waals surface area contributed by atoms with E-state index in [0.717, 1.165) is 12.1 Å². The van der Waals surface area contributed by atoms with Crippen molar-refractivity contribution in [3.63, 3.8) is 0 Å². The summed E-state index contributed by atoms with van der Waals surface area (Å²) in [5, 5.41) is 10.0. The second-order valence-corrected chi connectivity index (χ2v) is 9.88. The summed E-state index contributed by atoms with van der Waals surface area (Å²) in [7, 11) is 0. The Morgan fingerprint density at radius 2 is 2.00 bits per heavy atom. The maximum atomic E-state index is 14.2. The predicted octanol–water partition coefficient (Wildman–Crippen LogP) is 5.23. The van der Waals surface area contributed by atoms with Gasteiger partial charge in [-0.3, -0.25) is 5.41 Å². The first kappa shape index (κ1) is 20.2. The molecule has 1 aliphatic rings. The molecule has 0 radical (unpaired) electrons. The Bertz CT molecular complexity index is 911. The van der Waals surface area contributed by atoms with Crippen LogP contribution in [0.3, 0.4) is 0 Å². The first-order valence-electron chi connectivity index (χ1n) is 7.63. The van der Waals surface area contributed by atoms with Gasteiger partial charge in [0.2, 0.25) is 0 Å². The molecule has 0 amide bonds. The van der Waals surface area contributed by atoms with Crippen LogP contribution in [0.15, 0.2) is 40.8 Å². The Hall–Kier alpha value is -1.52. The third kappa shape index (κ3) is 3.27. The number of hydrogen-bond acceptors (Lipinski definition) is 5. The highest BCUT2D eigenvalue weighted by Crippen LogP contribution is 2.63. The van der Waals surface area contributed by atoms with Crippen LogP contribution >= 0.6 is 34.9 Å². The van der Waals surface area contributed by atoms with E-state index in [1.54, 1.807) is 17.7 Å². The number of halogens is 4. The average Bonchev–Trinajstić information content (AvgIpc) is 3.20. The Balaban J connectivity index is 2.38. The Morgan fingerprint density at radius 3 is 2.52 bits per heavy atom. The number of rotatable bonds is 4. The Morgan fingerprint density at radius 1 is 1.30 bits per heavy atom. The summed E-state index contributed by atoms with van der Waals surface area (Å²) < 4.78 is 53.4. The van der Waals surface area contributed by atoms with Crippen LogP contribution in [0.2, 0.25) is 0 Å². The van der Waals surface area contributed by atoms with Crippen molar-refractivity contribution in [3.05, 3.63) is 62.7 Å². The number of aromatic nitrogens is 1. The van der Waals surface area contributed by atoms with E-state index in [2.05, 4.69) is 4.98 Å². The molecule has 0 fully saturated rings. The number of thioether (sulfide) groups is 2. The van der Waals surface area contributed by atoms with E-state index in [1.807, 2.05) is 13.2 Å². The molecule has 0 saturated heterocycles. The lowest BCUT2D eigenvalue weighted by molar-refractivity contribution is -0.137. The maximum absolute atomic E-state index is 14.2. The second-order valence-electron chi connectivity index (χ2n) is 6.05. The van der Waals surface area contributed by atoms with Crippen molar-refractivity contribution in [1.29, 1.82) is 5.41 Å². The third-order valence-corrected chi connectivity index (χ3v) is 8.50. The van der Waals surface area contributed by atoms with Crippen molar-refractivity contribution in [1.82, 2.24) is 4.98 Å². The largest absolute Gasteiger partial charge is 0.416 e. The molecule has 0 saturated carbocycles. The molecule has 3 rings (SSSR count). The molecule has 144 valence electrons. The first-order valence-corrected chi connectivity index (χ1v) is 10.6. The molecule has 2 heterocycles. The Kier molecular flexibility index (Phi) is 5.11. The molecular formula is C17H15F4N3S3. The summed E-state index contributed by atoms with van der Waals surface area (Å²) in [4.78, 5) is 4.77. The number of alkyl halides is 3. The van der Waals surface area contributed by atoms with Crippen molar-refractivity contribution in [2.24, 2.45) is 5.73 Å². The highest BCUT2D eigenvalue weighted by atomic mass is 32.2. The third-order valence-electron chi connectivity index (χ3n) is 4.47. The monoisotopic (exact) mass is 433 g/mol. The van der Waals surface area contributed by atoms with E-state index in [4.69, 9.17) is 11.1 Å². The number of nitrogens with zero attached hydrogens (tertiary/aromatic N) is 1.